The van der Waals surface area contributed by atoms with E-state index >= 15 is 0 Å². The molecule has 0 spiro atoms. The van der Waals surface area contributed by atoms with Crippen molar-refractivity contribution in [3.05, 3.63) is 58.1 Å². The van der Waals surface area contributed by atoms with Gasteiger partial charge in [0.25, 0.3) is 0 Å². The molecule has 0 N–H and O–H groups in total. The van der Waals surface area contributed by atoms with Crippen molar-refractivity contribution in [3.8, 4) is 5.00 Å². The van der Waals surface area contributed by atoms with E-state index in [2.05, 4.69) is 5.16 Å². The number of ether oxygens (including phenoxy) is 1. The first-order valence-electron chi connectivity index (χ1n) is 8.09. The number of aromatic nitrogens is 2. The third-order valence-corrected chi connectivity index (χ3v) is 5.53. The fourth-order valence-corrected chi connectivity index (χ4v) is 4.45. The number of carbonyl (C=O) groups is 1. The maximum absolute atomic E-state index is 12.8. The molecule has 124 valence electrons. The van der Waals surface area contributed by atoms with Crippen LogP contribution in [0.1, 0.15) is 45.1 Å². The summed E-state index contributed by atoms with van der Waals surface area (Å²) >= 11 is 1.70. The van der Waals surface area contributed by atoms with Gasteiger partial charge in [-0.05, 0) is 50.3 Å². The van der Waals surface area contributed by atoms with E-state index in [0.717, 1.165) is 29.8 Å². The number of fused-ring (bicyclic) bond motifs is 1. The molecule has 3 aromatic rings. The van der Waals surface area contributed by atoms with Gasteiger partial charge in [-0.25, -0.2) is 4.79 Å². The molecule has 3 aromatic heterocycles. The van der Waals surface area contributed by atoms with Crippen LogP contribution in [0.2, 0.25) is 0 Å². The molecule has 0 fully saturated rings. The number of aryl methyl sites for hydroxylation is 2. The first kappa shape index (κ1) is 15.2. The lowest BCUT2D eigenvalue weighted by molar-refractivity contribution is 0.0463. The van der Waals surface area contributed by atoms with Crippen molar-refractivity contribution in [2.24, 2.45) is 0 Å². The molecule has 3 heterocycles. The zero-order valence-electron chi connectivity index (χ0n) is 13.4. The van der Waals surface area contributed by atoms with Crippen molar-refractivity contribution in [1.82, 2.24) is 9.72 Å². The Morgan fingerprint density at radius 3 is 2.88 bits per heavy atom. The summed E-state index contributed by atoms with van der Waals surface area (Å²) in [5.41, 5.74) is 2.51. The molecular formula is C18H18N2O3S. The molecule has 0 unspecified atom stereocenters. The average molecular weight is 342 g/mol. The van der Waals surface area contributed by atoms with E-state index < -0.39 is 0 Å². The van der Waals surface area contributed by atoms with Gasteiger partial charge in [-0.1, -0.05) is 5.16 Å². The number of hydrogen-bond acceptors (Lipinski definition) is 5. The Morgan fingerprint density at radius 1 is 1.33 bits per heavy atom. The second kappa shape index (κ2) is 6.28. The molecule has 24 heavy (non-hydrogen) atoms. The van der Waals surface area contributed by atoms with Crippen LogP contribution in [-0.2, 0) is 24.2 Å². The standard InChI is InChI=1S/C18H18N2O3S/c1-12-10-13(19-23-12)11-22-18(21)16-14-6-2-3-7-15(14)24-17(16)20-8-4-5-9-20/h4-5,8-10H,2-3,6-7,11H2,1H3. The van der Waals surface area contributed by atoms with E-state index in [1.54, 1.807) is 17.4 Å². The van der Waals surface area contributed by atoms with E-state index in [4.69, 9.17) is 9.26 Å². The van der Waals surface area contributed by atoms with Crippen LogP contribution in [0.5, 0.6) is 0 Å². The number of rotatable bonds is 4. The van der Waals surface area contributed by atoms with Crippen molar-refractivity contribution in [2.75, 3.05) is 0 Å². The summed E-state index contributed by atoms with van der Waals surface area (Å²) in [7, 11) is 0. The van der Waals surface area contributed by atoms with Crippen molar-refractivity contribution >= 4 is 17.3 Å². The van der Waals surface area contributed by atoms with E-state index in [0.29, 0.717) is 17.0 Å². The highest BCUT2D eigenvalue weighted by Gasteiger charge is 2.27. The van der Waals surface area contributed by atoms with Gasteiger partial charge in [-0.2, -0.15) is 0 Å². The van der Waals surface area contributed by atoms with E-state index in [-0.39, 0.29) is 12.6 Å². The Labute approximate surface area is 143 Å². The second-order valence-corrected chi connectivity index (χ2v) is 7.07. The van der Waals surface area contributed by atoms with Crippen LogP contribution in [0.4, 0.5) is 0 Å². The Balaban J connectivity index is 1.65. The molecule has 0 amide bonds. The number of nitrogens with zero attached hydrogens (tertiary/aromatic N) is 2. The fourth-order valence-electron chi connectivity index (χ4n) is 3.11. The zero-order valence-corrected chi connectivity index (χ0v) is 14.3. The molecule has 0 radical (unpaired) electrons. The zero-order chi connectivity index (χ0) is 16.5. The van der Waals surface area contributed by atoms with E-state index in [1.165, 1.54) is 11.3 Å². The quantitative estimate of drug-likeness (QED) is 0.671. The minimum absolute atomic E-state index is 0.131. The highest BCUT2D eigenvalue weighted by atomic mass is 32.1. The average Bonchev–Trinajstić information content (AvgIpc) is 3.31. The molecule has 6 heteroatoms. The minimum Gasteiger partial charge on any atom is -0.455 e. The predicted molar refractivity (Wildman–Crippen MR) is 90.6 cm³/mol. The molecule has 0 aromatic carbocycles. The number of carbonyl (C=O) groups excluding carboxylic acids is 1. The Hall–Kier alpha value is -2.34. The van der Waals surface area contributed by atoms with Gasteiger partial charge in [0.2, 0.25) is 0 Å². The molecule has 0 bridgehead atoms. The van der Waals surface area contributed by atoms with Gasteiger partial charge in [0.05, 0.1) is 5.56 Å². The smallest absolute Gasteiger partial charge is 0.341 e. The third kappa shape index (κ3) is 2.78. The summed E-state index contributed by atoms with van der Waals surface area (Å²) in [4.78, 5) is 14.1. The topological polar surface area (TPSA) is 57.3 Å². The van der Waals surface area contributed by atoms with Crippen LogP contribution in [0.25, 0.3) is 5.00 Å². The van der Waals surface area contributed by atoms with Gasteiger partial charge in [0.1, 0.15) is 23.1 Å². The Kier molecular flexibility index (Phi) is 3.98. The summed E-state index contributed by atoms with van der Waals surface area (Å²) in [6.45, 7) is 1.95. The van der Waals surface area contributed by atoms with E-state index in [9.17, 15) is 4.79 Å². The van der Waals surface area contributed by atoms with Crippen LogP contribution >= 0.6 is 11.3 Å². The van der Waals surface area contributed by atoms with Crippen LogP contribution in [-0.4, -0.2) is 15.7 Å². The maximum Gasteiger partial charge on any atom is 0.341 e. The molecule has 0 aliphatic heterocycles. The van der Waals surface area contributed by atoms with Crippen LogP contribution in [0, 0.1) is 6.92 Å². The Bertz CT molecular complexity index is 861. The maximum atomic E-state index is 12.8. The molecule has 4 rings (SSSR count). The lowest BCUT2D eigenvalue weighted by atomic mass is 9.95. The van der Waals surface area contributed by atoms with Crippen molar-refractivity contribution in [1.29, 1.82) is 0 Å². The summed E-state index contributed by atoms with van der Waals surface area (Å²) in [5, 5.41) is 4.83. The highest BCUT2D eigenvalue weighted by molar-refractivity contribution is 7.15. The molecule has 0 saturated heterocycles. The van der Waals surface area contributed by atoms with Gasteiger partial charge in [-0.3, -0.25) is 0 Å². The molecular weight excluding hydrogens is 324 g/mol. The fraction of sp³-hybridized carbons (Fsp3) is 0.333. The summed E-state index contributed by atoms with van der Waals surface area (Å²) in [5.74, 6) is 0.431. The van der Waals surface area contributed by atoms with Crippen LogP contribution < -0.4 is 0 Å². The highest BCUT2D eigenvalue weighted by Crippen LogP contribution is 2.37. The summed E-state index contributed by atoms with van der Waals surface area (Å²) in [6.07, 6.45) is 8.23. The first-order valence-corrected chi connectivity index (χ1v) is 8.91. The van der Waals surface area contributed by atoms with Crippen molar-refractivity contribution in [3.63, 3.8) is 0 Å². The second-order valence-electron chi connectivity index (χ2n) is 5.99. The van der Waals surface area contributed by atoms with Gasteiger partial charge in [-0.15, -0.1) is 11.3 Å². The predicted octanol–water partition coefficient (Wildman–Crippen LogP) is 4.07. The van der Waals surface area contributed by atoms with Crippen molar-refractivity contribution in [2.45, 2.75) is 39.2 Å². The Morgan fingerprint density at radius 2 is 2.12 bits per heavy atom. The van der Waals surface area contributed by atoms with E-state index in [1.807, 2.05) is 36.0 Å². The monoisotopic (exact) mass is 342 g/mol. The van der Waals surface area contributed by atoms with Gasteiger partial charge in [0, 0.05) is 23.3 Å². The van der Waals surface area contributed by atoms with Crippen LogP contribution in [0.15, 0.2) is 35.1 Å². The molecule has 0 atom stereocenters. The van der Waals surface area contributed by atoms with Crippen LogP contribution in [0.3, 0.4) is 0 Å². The summed E-state index contributed by atoms with van der Waals surface area (Å²) in [6, 6.07) is 5.71. The number of hydrogen-bond donors (Lipinski definition) is 0. The molecule has 1 aliphatic rings. The van der Waals surface area contributed by atoms with Crippen molar-refractivity contribution < 1.29 is 14.1 Å². The first-order chi connectivity index (χ1) is 11.7. The SMILES string of the molecule is Cc1cc(COC(=O)c2c(-n3cccc3)sc3c2CCCC3)no1. The molecule has 5 nitrogen and oxygen atoms in total. The largest absolute Gasteiger partial charge is 0.455 e. The lowest BCUT2D eigenvalue weighted by Gasteiger charge is -2.12. The normalized spacial score (nSPS) is 13.7. The lowest BCUT2D eigenvalue weighted by Crippen LogP contribution is -2.11. The van der Waals surface area contributed by atoms with Gasteiger partial charge >= 0.3 is 5.97 Å². The molecule has 0 saturated carbocycles. The minimum atomic E-state index is -0.279. The number of thiophene rings is 1. The summed E-state index contributed by atoms with van der Waals surface area (Å²) < 4.78 is 12.5. The van der Waals surface area contributed by atoms with Gasteiger partial charge < -0.3 is 13.8 Å². The molecule has 1 aliphatic carbocycles. The number of esters is 1. The van der Waals surface area contributed by atoms with Gasteiger partial charge in [0.15, 0.2) is 0 Å². The third-order valence-electron chi connectivity index (χ3n) is 4.22.